The Kier molecular flexibility index (Phi) is 3.45. The average Bonchev–Trinajstić information content (AvgIpc) is 2.67. The van der Waals surface area contributed by atoms with Crippen molar-refractivity contribution >= 4 is 27.5 Å². The second-order valence-corrected chi connectivity index (χ2v) is 6.32. The molecule has 2 unspecified atom stereocenters. The summed E-state index contributed by atoms with van der Waals surface area (Å²) in [4.78, 5) is 0.465. The van der Waals surface area contributed by atoms with Crippen LogP contribution < -0.4 is 0 Å². The van der Waals surface area contributed by atoms with Crippen LogP contribution in [0.4, 0.5) is 0 Å². The molecule has 2 heteroatoms. The summed E-state index contributed by atoms with van der Waals surface area (Å²) in [6.45, 7) is 0. The maximum absolute atomic E-state index is 6.04. The molecule has 0 fully saturated rings. The molecule has 1 aliphatic rings. The molecule has 0 saturated carbocycles. The minimum absolute atomic E-state index is 0.465. The van der Waals surface area contributed by atoms with Gasteiger partial charge in [-0.25, -0.2) is 0 Å². The van der Waals surface area contributed by atoms with Crippen LogP contribution in [0, 0.1) is 5.92 Å². The molecule has 0 bridgehead atoms. The minimum atomic E-state index is 0.465. The van der Waals surface area contributed by atoms with Crippen molar-refractivity contribution in [3.05, 3.63) is 70.2 Å². The van der Waals surface area contributed by atoms with E-state index in [1.54, 1.807) is 0 Å². The van der Waals surface area contributed by atoms with Gasteiger partial charge in [-0.1, -0.05) is 63.9 Å². The fraction of sp³-hybridized carbons (Fsp3) is 0.250. The zero-order valence-corrected chi connectivity index (χ0v) is 12.3. The van der Waals surface area contributed by atoms with Gasteiger partial charge in [0.25, 0.3) is 0 Å². The van der Waals surface area contributed by atoms with Crippen LogP contribution in [0.3, 0.4) is 0 Å². The molecule has 0 radical (unpaired) electrons. The lowest BCUT2D eigenvalue weighted by Gasteiger charge is -2.14. The fourth-order valence-corrected chi connectivity index (χ4v) is 3.80. The van der Waals surface area contributed by atoms with Gasteiger partial charge in [0, 0.05) is 9.85 Å². The number of alkyl halides is 1. The average molecular weight is 322 g/mol. The van der Waals surface area contributed by atoms with Crippen LogP contribution in [0.5, 0.6) is 0 Å². The molecule has 0 saturated heterocycles. The lowest BCUT2D eigenvalue weighted by Crippen LogP contribution is -2.06. The van der Waals surface area contributed by atoms with Gasteiger partial charge in [0.2, 0.25) is 0 Å². The first kappa shape index (κ1) is 12.3. The smallest absolute Gasteiger partial charge is 0.0432 e. The Morgan fingerprint density at radius 3 is 2.72 bits per heavy atom. The predicted octanol–water partition coefficient (Wildman–Crippen LogP) is 5.19. The van der Waals surface area contributed by atoms with E-state index in [0.717, 1.165) is 17.9 Å². The van der Waals surface area contributed by atoms with E-state index in [2.05, 4.69) is 52.3 Å². The number of rotatable bonds is 2. The molecule has 0 aromatic heterocycles. The highest BCUT2D eigenvalue weighted by Crippen LogP contribution is 2.43. The van der Waals surface area contributed by atoms with E-state index in [1.807, 2.05) is 12.1 Å². The van der Waals surface area contributed by atoms with Crippen LogP contribution in [0.15, 0.2) is 48.5 Å². The third-order valence-corrected chi connectivity index (χ3v) is 5.11. The molecule has 0 spiro atoms. The number of hydrogen-bond donors (Lipinski definition) is 0. The highest BCUT2D eigenvalue weighted by atomic mass is 79.9. The Bertz CT molecular complexity index is 565. The Morgan fingerprint density at radius 1 is 1.11 bits per heavy atom. The summed E-state index contributed by atoms with van der Waals surface area (Å²) in [7, 11) is 0. The largest absolute Gasteiger partial charge is 0.0843 e. The molecule has 1 aliphatic carbocycles. The van der Waals surface area contributed by atoms with E-state index >= 15 is 0 Å². The minimum Gasteiger partial charge on any atom is -0.0843 e. The summed E-state index contributed by atoms with van der Waals surface area (Å²) >= 11 is 9.89. The molecule has 3 rings (SSSR count). The second-order valence-electron chi connectivity index (χ2n) is 4.90. The van der Waals surface area contributed by atoms with Crippen LogP contribution in [0.1, 0.15) is 21.5 Å². The summed E-state index contributed by atoms with van der Waals surface area (Å²) in [6, 6.07) is 16.9. The highest BCUT2D eigenvalue weighted by Gasteiger charge is 2.29. The molecular weight excluding hydrogens is 308 g/mol. The summed E-state index contributed by atoms with van der Waals surface area (Å²) < 4.78 is 0. The molecule has 2 atom stereocenters. The Labute approximate surface area is 121 Å². The number of benzene rings is 2. The van der Waals surface area contributed by atoms with Gasteiger partial charge in [0.15, 0.2) is 0 Å². The summed E-state index contributed by atoms with van der Waals surface area (Å²) in [5.41, 5.74) is 4.25. The van der Waals surface area contributed by atoms with Crippen molar-refractivity contribution in [3.8, 4) is 0 Å². The molecule has 92 valence electrons. The van der Waals surface area contributed by atoms with Gasteiger partial charge >= 0.3 is 0 Å². The summed E-state index contributed by atoms with van der Waals surface area (Å²) in [5.74, 6) is 0.626. The predicted molar refractivity (Wildman–Crippen MR) is 80.5 cm³/mol. The SMILES string of the molecule is Clc1cccc(CC2Cc3ccccc3C2Br)c1. The zero-order valence-electron chi connectivity index (χ0n) is 9.94. The number of hydrogen-bond acceptors (Lipinski definition) is 0. The van der Waals surface area contributed by atoms with Crippen molar-refractivity contribution in [1.82, 2.24) is 0 Å². The number of halogens is 2. The molecule has 0 N–H and O–H groups in total. The molecule has 0 aliphatic heterocycles. The molecular formula is C16H14BrCl. The lowest BCUT2D eigenvalue weighted by molar-refractivity contribution is 0.555. The molecule has 18 heavy (non-hydrogen) atoms. The molecule has 2 aromatic carbocycles. The van der Waals surface area contributed by atoms with Crippen molar-refractivity contribution in [2.75, 3.05) is 0 Å². The normalized spacial score (nSPS) is 21.9. The van der Waals surface area contributed by atoms with E-state index in [0.29, 0.717) is 10.7 Å². The Morgan fingerprint density at radius 2 is 1.94 bits per heavy atom. The first-order valence-electron chi connectivity index (χ1n) is 6.20. The van der Waals surface area contributed by atoms with E-state index < -0.39 is 0 Å². The highest BCUT2D eigenvalue weighted by molar-refractivity contribution is 9.09. The molecule has 0 amide bonds. The quantitative estimate of drug-likeness (QED) is 0.668. The van der Waals surface area contributed by atoms with Crippen LogP contribution >= 0.6 is 27.5 Å². The lowest BCUT2D eigenvalue weighted by atomic mass is 9.97. The van der Waals surface area contributed by atoms with E-state index in [4.69, 9.17) is 11.6 Å². The maximum atomic E-state index is 6.04. The van der Waals surface area contributed by atoms with Crippen LogP contribution in [0.2, 0.25) is 5.02 Å². The van der Waals surface area contributed by atoms with E-state index in [-0.39, 0.29) is 0 Å². The summed E-state index contributed by atoms with van der Waals surface area (Å²) in [6.07, 6.45) is 2.23. The molecule has 0 heterocycles. The first-order chi connectivity index (χ1) is 8.74. The van der Waals surface area contributed by atoms with Crippen molar-refractivity contribution in [1.29, 1.82) is 0 Å². The van der Waals surface area contributed by atoms with Gasteiger partial charge in [-0.3, -0.25) is 0 Å². The third kappa shape index (κ3) is 2.34. The summed E-state index contributed by atoms with van der Waals surface area (Å²) in [5, 5.41) is 0.828. The van der Waals surface area contributed by atoms with Gasteiger partial charge in [-0.05, 0) is 47.6 Å². The third-order valence-electron chi connectivity index (χ3n) is 3.64. The van der Waals surface area contributed by atoms with Gasteiger partial charge in [0.1, 0.15) is 0 Å². The van der Waals surface area contributed by atoms with Crippen molar-refractivity contribution in [2.24, 2.45) is 5.92 Å². The molecule has 0 nitrogen and oxygen atoms in total. The van der Waals surface area contributed by atoms with Crippen molar-refractivity contribution < 1.29 is 0 Å². The number of fused-ring (bicyclic) bond motifs is 1. The van der Waals surface area contributed by atoms with Crippen molar-refractivity contribution in [3.63, 3.8) is 0 Å². The Balaban J connectivity index is 1.81. The topological polar surface area (TPSA) is 0 Å². The van der Waals surface area contributed by atoms with Gasteiger partial charge < -0.3 is 0 Å². The zero-order chi connectivity index (χ0) is 12.5. The second kappa shape index (κ2) is 5.07. The molecule has 2 aromatic rings. The maximum Gasteiger partial charge on any atom is 0.0432 e. The first-order valence-corrected chi connectivity index (χ1v) is 7.50. The van der Waals surface area contributed by atoms with Crippen LogP contribution in [0.25, 0.3) is 0 Å². The van der Waals surface area contributed by atoms with E-state index in [9.17, 15) is 0 Å². The van der Waals surface area contributed by atoms with Gasteiger partial charge in [-0.2, -0.15) is 0 Å². The monoisotopic (exact) mass is 320 g/mol. The van der Waals surface area contributed by atoms with E-state index in [1.165, 1.54) is 16.7 Å². The fourth-order valence-electron chi connectivity index (χ4n) is 2.77. The Hall–Kier alpha value is -0.790. The van der Waals surface area contributed by atoms with Crippen molar-refractivity contribution in [2.45, 2.75) is 17.7 Å². The van der Waals surface area contributed by atoms with Gasteiger partial charge in [-0.15, -0.1) is 0 Å². The van der Waals surface area contributed by atoms with Crippen LogP contribution in [-0.2, 0) is 12.8 Å². The van der Waals surface area contributed by atoms with Crippen LogP contribution in [-0.4, -0.2) is 0 Å². The standard InChI is InChI=1S/C16H14BrCl/c17-16-13(8-11-4-3-6-14(18)9-11)10-12-5-1-2-7-15(12)16/h1-7,9,13,16H,8,10H2. The van der Waals surface area contributed by atoms with Gasteiger partial charge in [0.05, 0.1) is 0 Å².